The topological polar surface area (TPSA) is 115 Å². The van der Waals surface area contributed by atoms with Gasteiger partial charge in [0.15, 0.2) is 6.61 Å². The van der Waals surface area contributed by atoms with Crippen molar-refractivity contribution in [3.8, 4) is 0 Å². The van der Waals surface area contributed by atoms with Crippen molar-refractivity contribution in [3.05, 3.63) is 54.0 Å². The van der Waals surface area contributed by atoms with E-state index in [2.05, 4.69) is 10.0 Å². The second-order valence-electron chi connectivity index (χ2n) is 4.96. The lowest BCUT2D eigenvalue weighted by atomic mass is 10.2. The molecule has 134 valence electrons. The quantitative estimate of drug-likeness (QED) is 0.675. The van der Waals surface area contributed by atoms with Crippen molar-refractivity contribution >= 4 is 21.9 Å². The third-order valence-electron chi connectivity index (χ3n) is 3.09. The molecule has 9 heteroatoms. The fraction of sp³-hybridized carbons (Fsp3) is 0.250. The van der Waals surface area contributed by atoms with Gasteiger partial charge in [0.05, 0.1) is 23.3 Å². The molecule has 2 rings (SSSR count). The summed E-state index contributed by atoms with van der Waals surface area (Å²) in [6.45, 7) is 1.58. The largest absolute Gasteiger partial charge is 0.467 e. The van der Waals surface area contributed by atoms with Gasteiger partial charge in [0, 0.05) is 6.54 Å². The predicted molar refractivity (Wildman–Crippen MR) is 88.1 cm³/mol. The zero-order chi connectivity index (χ0) is 18.3. The number of sulfonamides is 1. The van der Waals surface area contributed by atoms with Gasteiger partial charge in [0.25, 0.3) is 5.91 Å². The average Bonchev–Trinajstić information content (AvgIpc) is 3.11. The number of carbonyl (C=O) groups excluding carboxylic acids is 2. The maximum absolute atomic E-state index is 12.0. The van der Waals surface area contributed by atoms with E-state index in [-0.39, 0.29) is 23.5 Å². The number of furan rings is 1. The van der Waals surface area contributed by atoms with Crippen molar-refractivity contribution in [2.45, 2.75) is 18.4 Å². The van der Waals surface area contributed by atoms with Gasteiger partial charge in [0.1, 0.15) is 5.76 Å². The summed E-state index contributed by atoms with van der Waals surface area (Å²) in [6.07, 6.45) is 1.48. The molecule has 0 aliphatic heterocycles. The Bertz CT molecular complexity index is 830. The van der Waals surface area contributed by atoms with Crippen molar-refractivity contribution in [1.82, 2.24) is 10.0 Å². The number of hydrogen-bond acceptors (Lipinski definition) is 6. The van der Waals surface area contributed by atoms with Crippen molar-refractivity contribution in [3.63, 3.8) is 0 Å². The third-order valence-corrected chi connectivity index (χ3v) is 4.63. The van der Waals surface area contributed by atoms with E-state index in [0.717, 1.165) is 0 Å². The van der Waals surface area contributed by atoms with Crippen LogP contribution in [0.5, 0.6) is 0 Å². The highest BCUT2D eigenvalue weighted by Crippen LogP contribution is 2.12. The number of hydrogen-bond donors (Lipinski definition) is 2. The molecule has 0 aliphatic rings. The Morgan fingerprint density at radius 1 is 1.20 bits per heavy atom. The van der Waals surface area contributed by atoms with Crippen LogP contribution in [-0.2, 0) is 26.1 Å². The van der Waals surface area contributed by atoms with E-state index in [1.165, 1.54) is 30.5 Å². The molecule has 25 heavy (non-hydrogen) atoms. The number of rotatable bonds is 8. The minimum atomic E-state index is -3.68. The lowest BCUT2D eigenvalue weighted by Crippen LogP contribution is -2.28. The van der Waals surface area contributed by atoms with Crippen molar-refractivity contribution < 1.29 is 27.2 Å². The minimum absolute atomic E-state index is 0.0396. The Labute approximate surface area is 145 Å². The first kappa shape index (κ1) is 18.7. The van der Waals surface area contributed by atoms with Gasteiger partial charge in [-0.05, 0) is 30.3 Å². The Morgan fingerprint density at radius 2 is 2.00 bits per heavy atom. The van der Waals surface area contributed by atoms with Gasteiger partial charge >= 0.3 is 5.97 Å². The molecule has 0 saturated carbocycles. The van der Waals surface area contributed by atoms with Crippen LogP contribution in [-0.4, -0.2) is 33.4 Å². The van der Waals surface area contributed by atoms with E-state index < -0.39 is 28.5 Å². The second kappa shape index (κ2) is 8.45. The molecule has 2 N–H and O–H groups in total. The van der Waals surface area contributed by atoms with E-state index in [4.69, 9.17) is 9.15 Å². The van der Waals surface area contributed by atoms with Crippen LogP contribution in [0, 0.1) is 0 Å². The van der Waals surface area contributed by atoms with Gasteiger partial charge in [0.2, 0.25) is 10.0 Å². The van der Waals surface area contributed by atoms with Crippen molar-refractivity contribution in [1.29, 1.82) is 0 Å². The number of benzene rings is 1. The molecule has 2 aromatic rings. The molecule has 0 bridgehead atoms. The molecule has 1 aromatic heterocycles. The molecule has 0 aliphatic carbocycles. The first-order valence-corrected chi connectivity index (χ1v) is 8.96. The van der Waals surface area contributed by atoms with Crippen LogP contribution in [0.3, 0.4) is 0 Å². The third kappa shape index (κ3) is 5.44. The molecule has 1 heterocycles. The number of carbonyl (C=O) groups is 2. The summed E-state index contributed by atoms with van der Waals surface area (Å²) in [5.74, 6) is -0.719. The van der Waals surface area contributed by atoms with Gasteiger partial charge in [-0.25, -0.2) is 17.9 Å². The van der Waals surface area contributed by atoms with Gasteiger partial charge in [-0.3, -0.25) is 4.79 Å². The van der Waals surface area contributed by atoms with E-state index >= 15 is 0 Å². The van der Waals surface area contributed by atoms with Crippen LogP contribution >= 0.6 is 0 Å². The molecular weight excluding hydrogens is 348 g/mol. The molecule has 8 nitrogen and oxygen atoms in total. The second-order valence-corrected chi connectivity index (χ2v) is 6.73. The lowest BCUT2D eigenvalue weighted by molar-refractivity contribution is -0.124. The van der Waals surface area contributed by atoms with Crippen LogP contribution < -0.4 is 10.0 Å². The van der Waals surface area contributed by atoms with E-state index in [1.807, 2.05) is 0 Å². The highest BCUT2D eigenvalue weighted by Gasteiger charge is 2.16. The van der Waals surface area contributed by atoms with E-state index in [9.17, 15) is 18.0 Å². The SMILES string of the molecule is CCNS(=O)(=O)c1cccc(C(=O)OCC(=O)NCc2ccco2)c1. The molecular formula is C16H18N2O6S. The predicted octanol–water partition coefficient (Wildman–Crippen LogP) is 1.05. The fourth-order valence-electron chi connectivity index (χ4n) is 1.93. The Balaban J connectivity index is 1.91. The summed E-state index contributed by atoms with van der Waals surface area (Å²) >= 11 is 0. The summed E-state index contributed by atoms with van der Waals surface area (Å²) in [5, 5.41) is 2.53. The molecule has 0 saturated heterocycles. The summed E-state index contributed by atoms with van der Waals surface area (Å²) in [6, 6.07) is 8.79. The van der Waals surface area contributed by atoms with Crippen molar-refractivity contribution in [2.75, 3.05) is 13.2 Å². The summed E-state index contributed by atoms with van der Waals surface area (Å²) in [5.41, 5.74) is 0.0396. The van der Waals surface area contributed by atoms with E-state index in [1.54, 1.807) is 19.1 Å². The zero-order valence-corrected chi connectivity index (χ0v) is 14.3. The van der Waals surface area contributed by atoms with Gasteiger partial charge < -0.3 is 14.5 Å². The standard InChI is InChI=1S/C16H18N2O6S/c1-2-18-25(21,22)14-7-3-5-12(9-14)16(20)24-11-15(19)17-10-13-6-4-8-23-13/h3-9,18H,2,10-11H2,1H3,(H,17,19). The molecule has 0 radical (unpaired) electrons. The molecule has 0 unspecified atom stereocenters. The number of nitrogens with one attached hydrogen (secondary N) is 2. The number of ether oxygens (including phenoxy) is 1. The van der Waals surface area contributed by atoms with Gasteiger partial charge in [-0.15, -0.1) is 0 Å². The molecule has 1 amide bonds. The van der Waals surface area contributed by atoms with Crippen LogP contribution in [0.15, 0.2) is 52.0 Å². The van der Waals surface area contributed by atoms with Crippen LogP contribution in [0.4, 0.5) is 0 Å². The zero-order valence-electron chi connectivity index (χ0n) is 13.5. The summed E-state index contributed by atoms with van der Waals surface area (Å²) < 4.78 is 36.1. The molecule has 1 aromatic carbocycles. The lowest BCUT2D eigenvalue weighted by Gasteiger charge is -2.08. The Hall–Kier alpha value is -2.65. The van der Waals surface area contributed by atoms with Crippen molar-refractivity contribution in [2.24, 2.45) is 0 Å². The highest BCUT2D eigenvalue weighted by atomic mass is 32.2. The highest BCUT2D eigenvalue weighted by molar-refractivity contribution is 7.89. The van der Waals surface area contributed by atoms with E-state index in [0.29, 0.717) is 5.76 Å². The summed E-state index contributed by atoms with van der Waals surface area (Å²) in [4.78, 5) is 23.6. The first-order valence-electron chi connectivity index (χ1n) is 7.48. The first-order chi connectivity index (χ1) is 11.9. The minimum Gasteiger partial charge on any atom is -0.467 e. The molecule has 0 fully saturated rings. The number of amides is 1. The molecule has 0 spiro atoms. The summed E-state index contributed by atoms with van der Waals surface area (Å²) in [7, 11) is -3.68. The normalized spacial score (nSPS) is 11.1. The Morgan fingerprint density at radius 3 is 2.68 bits per heavy atom. The van der Waals surface area contributed by atoms with Gasteiger partial charge in [-0.1, -0.05) is 13.0 Å². The monoisotopic (exact) mass is 366 g/mol. The van der Waals surface area contributed by atoms with Crippen LogP contribution in [0.1, 0.15) is 23.0 Å². The average molecular weight is 366 g/mol. The molecule has 0 atom stereocenters. The fourth-order valence-corrected chi connectivity index (χ4v) is 3.01. The van der Waals surface area contributed by atoms with Crippen LogP contribution in [0.25, 0.3) is 0 Å². The van der Waals surface area contributed by atoms with Crippen LogP contribution in [0.2, 0.25) is 0 Å². The maximum atomic E-state index is 12.0. The Kier molecular flexibility index (Phi) is 6.31. The van der Waals surface area contributed by atoms with Gasteiger partial charge in [-0.2, -0.15) is 0 Å². The smallest absolute Gasteiger partial charge is 0.338 e. The maximum Gasteiger partial charge on any atom is 0.338 e. The number of esters is 1.